The number of hydrogen-bond acceptors (Lipinski definition) is 3. The van der Waals surface area contributed by atoms with Crippen molar-refractivity contribution in [2.45, 2.75) is 19.8 Å². The Kier molecular flexibility index (Phi) is 5.15. The number of anilines is 1. The first-order valence-electron chi connectivity index (χ1n) is 8.14. The minimum absolute atomic E-state index is 0.357. The molecule has 0 fully saturated rings. The smallest absolute Gasteiger partial charge is 0.150 e. The molecule has 0 amide bonds. The molecule has 3 nitrogen and oxygen atoms in total. The lowest BCUT2D eigenvalue weighted by atomic mass is 9.93. The van der Waals surface area contributed by atoms with Gasteiger partial charge in [0.05, 0.1) is 16.4 Å². The fraction of sp³-hybridized carbons (Fsp3) is 0.143. The second-order valence-electron chi connectivity index (χ2n) is 5.99. The van der Waals surface area contributed by atoms with Gasteiger partial charge in [0.2, 0.25) is 0 Å². The molecule has 0 bridgehead atoms. The number of nitrogens with two attached hydrogens (primary N) is 1. The minimum atomic E-state index is 0.357. The second kappa shape index (κ2) is 7.49. The van der Waals surface area contributed by atoms with Gasteiger partial charge >= 0.3 is 0 Å². The van der Waals surface area contributed by atoms with E-state index in [-0.39, 0.29) is 0 Å². The predicted octanol–water partition coefficient (Wildman–Crippen LogP) is 5.53. The maximum absolute atomic E-state index is 11.0. The predicted molar refractivity (Wildman–Crippen MR) is 106 cm³/mol. The Hall–Kier alpha value is -2.65. The lowest BCUT2D eigenvalue weighted by molar-refractivity contribution is 0.112. The number of aldehydes is 1. The highest BCUT2D eigenvalue weighted by atomic mass is 35.5. The van der Waals surface area contributed by atoms with Crippen molar-refractivity contribution in [1.29, 1.82) is 0 Å². The van der Waals surface area contributed by atoms with Gasteiger partial charge in [0.1, 0.15) is 6.29 Å². The highest BCUT2D eigenvalue weighted by Gasteiger charge is 2.09. The van der Waals surface area contributed by atoms with E-state index in [0.29, 0.717) is 21.8 Å². The van der Waals surface area contributed by atoms with Gasteiger partial charge in [-0.15, -0.1) is 0 Å². The third-order valence-corrected chi connectivity index (χ3v) is 4.64. The molecular weight excluding hydrogens is 332 g/mol. The normalized spacial score (nSPS) is 13.9. The first-order valence-corrected chi connectivity index (χ1v) is 8.52. The van der Waals surface area contributed by atoms with Crippen LogP contribution >= 0.6 is 11.6 Å². The third-order valence-electron chi connectivity index (χ3n) is 4.33. The number of carbonyl (C=O) groups excluding carboxylic acids is 1. The Morgan fingerprint density at radius 3 is 2.84 bits per heavy atom. The topological polar surface area (TPSA) is 55.5 Å². The van der Waals surface area contributed by atoms with E-state index in [1.807, 2.05) is 12.1 Å². The molecule has 1 aliphatic carbocycles. The Morgan fingerprint density at radius 1 is 1.28 bits per heavy atom. The zero-order valence-corrected chi connectivity index (χ0v) is 14.8. The largest absolute Gasteiger partial charge is 0.397 e. The lowest BCUT2D eigenvalue weighted by Crippen LogP contribution is -1.97. The number of carbonyl (C=O) groups is 1. The molecule has 25 heavy (non-hydrogen) atoms. The molecule has 126 valence electrons. The molecule has 2 aromatic carbocycles. The van der Waals surface area contributed by atoms with Crippen LogP contribution < -0.4 is 5.73 Å². The summed E-state index contributed by atoms with van der Waals surface area (Å²) >= 11 is 6.08. The monoisotopic (exact) mass is 350 g/mol. The Balaban J connectivity index is 1.98. The average Bonchev–Trinajstić information content (AvgIpc) is 2.64. The highest BCUT2D eigenvalue weighted by Crippen LogP contribution is 2.31. The van der Waals surface area contributed by atoms with E-state index in [0.717, 1.165) is 30.4 Å². The zero-order valence-electron chi connectivity index (χ0n) is 14.0. The van der Waals surface area contributed by atoms with Crippen LogP contribution in [0.2, 0.25) is 5.02 Å². The summed E-state index contributed by atoms with van der Waals surface area (Å²) in [5.74, 6) is 0. The zero-order chi connectivity index (χ0) is 17.8. The average molecular weight is 351 g/mol. The molecule has 0 atom stereocenters. The maximum atomic E-state index is 11.0. The third kappa shape index (κ3) is 3.72. The lowest BCUT2D eigenvalue weighted by Gasteiger charge is -2.13. The van der Waals surface area contributed by atoms with Crippen LogP contribution in [0.15, 0.2) is 53.6 Å². The van der Waals surface area contributed by atoms with E-state index in [4.69, 9.17) is 17.3 Å². The summed E-state index contributed by atoms with van der Waals surface area (Å²) in [7, 11) is 0. The van der Waals surface area contributed by atoms with Gasteiger partial charge in [0.25, 0.3) is 0 Å². The molecule has 2 aromatic rings. The van der Waals surface area contributed by atoms with Crippen LogP contribution in [0.4, 0.5) is 11.4 Å². The van der Waals surface area contributed by atoms with Crippen LogP contribution in [-0.2, 0) is 0 Å². The summed E-state index contributed by atoms with van der Waals surface area (Å²) in [4.78, 5) is 15.6. The van der Waals surface area contributed by atoms with Crippen molar-refractivity contribution in [1.82, 2.24) is 0 Å². The van der Waals surface area contributed by atoms with Crippen molar-refractivity contribution in [2.75, 3.05) is 5.73 Å². The Bertz CT molecular complexity index is 910. The quantitative estimate of drug-likeness (QED) is 0.448. The number of hydrogen-bond donors (Lipinski definition) is 1. The molecule has 0 radical (unpaired) electrons. The van der Waals surface area contributed by atoms with Gasteiger partial charge in [-0.05, 0) is 54.7 Å². The van der Waals surface area contributed by atoms with Crippen molar-refractivity contribution < 1.29 is 4.79 Å². The molecule has 1 aliphatic rings. The molecule has 0 aliphatic heterocycles. The van der Waals surface area contributed by atoms with Crippen LogP contribution in [0.1, 0.15) is 39.9 Å². The SMILES string of the molecule is Cc1c(N=Cc2cc(C=O)cc(Cl)c2N)cccc1C1=CC=CCC1. The van der Waals surface area contributed by atoms with Gasteiger partial charge in [-0.2, -0.15) is 0 Å². The second-order valence-corrected chi connectivity index (χ2v) is 6.40. The Morgan fingerprint density at radius 2 is 2.12 bits per heavy atom. The molecule has 0 saturated heterocycles. The van der Waals surface area contributed by atoms with E-state index in [1.54, 1.807) is 18.3 Å². The number of nitrogens with zero attached hydrogens (tertiary/aromatic N) is 1. The molecule has 0 aromatic heterocycles. The fourth-order valence-corrected chi connectivity index (χ4v) is 3.15. The van der Waals surface area contributed by atoms with Crippen molar-refractivity contribution in [3.8, 4) is 0 Å². The van der Waals surface area contributed by atoms with E-state index < -0.39 is 0 Å². The van der Waals surface area contributed by atoms with Crippen LogP contribution in [0.5, 0.6) is 0 Å². The van der Waals surface area contributed by atoms with Gasteiger partial charge in [-0.3, -0.25) is 9.79 Å². The van der Waals surface area contributed by atoms with Gasteiger partial charge < -0.3 is 5.73 Å². The molecule has 4 heteroatoms. The highest BCUT2D eigenvalue weighted by molar-refractivity contribution is 6.34. The molecular formula is C21H19ClN2O. The number of aliphatic imine (C=N–C) groups is 1. The summed E-state index contributed by atoms with van der Waals surface area (Å²) in [5.41, 5.74) is 12.1. The number of nitrogen functional groups attached to an aromatic ring is 1. The van der Waals surface area contributed by atoms with Crippen molar-refractivity contribution in [3.63, 3.8) is 0 Å². The molecule has 3 rings (SSSR count). The number of rotatable bonds is 4. The van der Waals surface area contributed by atoms with E-state index >= 15 is 0 Å². The van der Waals surface area contributed by atoms with E-state index in [2.05, 4.69) is 36.2 Å². The summed E-state index contributed by atoms with van der Waals surface area (Å²) < 4.78 is 0. The number of benzene rings is 2. The van der Waals surface area contributed by atoms with Crippen LogP contribution in [-0.4, -0.2) is 12.5 Å². The van der Waals surface area contributed by atoms with Crippen LogP contribution in [0.3, 0.4) is 0 Å². The van der Waals surface area contributed by atoms with Crippen molar-refractivity contribution in [2.24, 2.45) is 4.99 Å². The minimum Gasteiger partial charge on any atom is -0.397 e. The molecule has 0 unspecified atom stereocenters. The molecule has 2 N–H and O–H groups in total. The van der Waals surface area contributed by atoms with Gasteiger partial charge in [-0.1, -0.05) is 42.0 Å². The standard InChI is InChI=1S/C21H19ClN2O/c1-14-18(16-6-3-2-4-7-16)8-5-9-20(14)24-12-17-10-15(13-25)11-19(22)21(17)23/h2-3,5-6,8-13H,4,7,23H2,1H3. The van der Waals surface area contributed by atoms with Crippen molar-refractivity contribution in [3.05, 3.63) is 75.8 Å². The van der Waals surface area contributed by atoms with Gasteiger partial charge in [-0.25, -0.2) is 0 Å². The maximum Gasteiger partial charge on any atom is 0.150 e. The van der Waals surface area contributed by atoms with Gasteiger partial charge in [0.15, 0.2) is 0 Å². The summed E-state index contributed by atoms with van der Waals surface area (Å²) in [6.07, 6.45) is 10.9. The summed E-state index contributed by atoms with van der Waals surface area (Å²) in [6, 6.07) is 9.33. The molecule has 0 spiro atoms. The van der Waals surface area contributed by atoms with Crippen LogP contribution in [0, 0.1) is 6.92 Å². The number of allylic oxidation sites excluding steroid dienone is 4. The first-order chi connectivity index (χ1) is 12.1. The van der Waals surface area contributed by atoms with E-state index in [9.17, 15) is 4.79 Å². The molecule has 0 heterocycles. The molecule has 0 saturated carbocycles. The first kappa shape index (κ1) is 17.2. The summed E-state index contributed by atoms with van der Waals surface area (Å²) in [5, 5.41) is 0.357. The fourth-order valence-electron chi connectivity index (χ4n) is 2.91. The van der Waals surface area contributed by atoms with E-state index in [1.165, 1.54) is 11.1 Å². The Labute approximate surface area is 152 Å². The van der Waals surface area contributed by atoms with Gasteiger partial charge in [0, 0.05) is 17.3 Å². The van der Waals surface area contributed by atoms with Crippen molar-refractivity contribution >= 4 is 41.0 Å². The summed E-state index contributed by atoms with van der Waals surface area (Å²) in [6.45, 7) is 2.07. The van der Waals surface area contributed by atoms with Crippen LogP contribution in [0.25, 0.3) is 5.57 Å². The number of halogens is 1.